The van der Waals surface area contributed by atoms with Gasteiger partial charge in [-0.1, -0.05) is 47.5 Å². The Kier molecular flexibility index (Phi) is 5.99. The molecule has 0 aliphatic carbocycles. The molecule has 0 bridgehead atoms. The zero-order chi connectivity index (χ0) is 15.7. The van der Waals surface area contributed by atoms with E-state index in [1.165, 1.54) is 22.2 Å². The third-order valence-corrected chi connectivity index (χ3v) is 4.65. The molecule has 0 amide bonds. The van der Waals surface area contributed by atoms with Gasteiger partial charge in [-0.05, 0) is 43.3 Å². The van der Waals surface area contributed by atoms with E-state index >= 15 is 0 Å². The number of nitrogens with one attached hydrogen (secondary N) is 1. The number of rotatable bonds is 4. The lowest BCUT2D eigenvalue weighted by Crippen LogP contribution is -2.08. The summed E-state index contributed by atoms with van der Waals surface area (Å²) in [4.78, 5) is 0. The van der Waals surface area contributed by atoms with Crippen molar-refractivity contribution in [1.82, 2.24) is 9.88 Å². The van der Waals surface area contributed by atoms with Gasteiger partial charge in [-0.2, -0.15) is 0 Å². The van der Waals surface area contributed by atoms with Crippen molar-refractivity contribution >= 4 is 46.5 Å². The highest BCUT2D eigenvalue weighted by atomic mass is 35.5. The minimum Gasteiger partial charge on any atom is -0.340 e. The maximum absolute atomic E-state index is 6.34. The number of benzene rings is 2. The normalized spacial score (nSPS) is 10.8. The molecule has 1 aromatic heterocycles. The molecule has 2 aromatic carbocycles. The van der Waals surface area contributed by atoms with E-state index in [9.17, 15) is 0 Å². The first-order valence-electron chi connectivity index (χ1n) is 7.27. The Hall–Kier alpha value is -1.19. The molecular weight excluding hydrogens is 351 g/mol. The van der Waals surface area contributed by atoms with Crippen LogP contribution in [0.1, 0.15) is 16.8 Å². The Morgan fingerprint density at radius 2 is 1.83 bits per heavy atom. The van der Waals surface area contributed by atoms with Gasteiger partial charge in [-0.15, -0.1) is 12.4 Å². The minimum atomic E-state index is 0. The molecule has 0 unspecified atom stereocenters. The molecule has 122 valence electrons. The molecule has 2 nitrogen and oxygen atoms in total. The fourth-order valence-corrected chi connectivity index (χ4v) is 3.39. The average Bonchev–Trinajstić information content (AvgIpc) is 2.76. The summed E-state index contributed by atoms with van der Waals surface area (Å²) in [5.41, 5.74) is 4.91. The Bertz CT molecular complexity index is 824. The van der Waals surface area contributed by atoms with Gasteiger partial charge in [0.25, 0.3) is 0 Å². The molecule has 0 radical (unpaired) electrons. The van der Waals surface area contributed by atoms with Gasteiger partial charge >= 0.3 is 0 Å². The first kappa shape index (κ1) is 18.2. The molecule has 3 rings (SSSR count). The maximum Gasteiger partial charge on any atom is 0.0493 e. The lowest BCUT2D eigenvalue weighted by molar-refractivity contribution is 0.768. The number of para-hydroxylation sites is 1. The van der Waals surface area contributed by atoms with E-state index in [1.54, 1.807) is 6.07 Å². The van der Waals surface area contributed by atoms with Crippen LogP contribution in [0, 0.1) is 6.92 Å². The van der Waals surface area contributed by atoms with E-state index in [2.05, 4.69) is 41.1 Å². The highest BCUT2D eigenvalue weighted by Crippen LogP contribution is 2.29. The predicted octanol–water partition coefficient (Wildman–Crippen LogP) is 5.45. The maximum atomic E-state index is 6.34. The molecular formula is C18H19Cl3N2. The zero-order valence-corrected chi connectivity index (χ0v) is 15.4. The fourth-order valence-electron chi connectivity index (χ4n) is 2.93. The lowest BCUT2D eigenvalue weighted by Gasteiger charge is -2.11. The quantitative estimate of drug-likeness (QED) is 0.647. The second-order valence-electron chi connectivity index (χ2n) is 5.43. The Labute approximate surface area is 152 Å². The van der Waals surface area contributed by atoms with E-state index in [0.717, 1.165) is 18.7 Å². The lowest BCUT2D eigenvalue weighted by atomic mass is 10.1. The molecule has 3 aromatic rings. The summed E-state index contributed by atoms with van der Waals surface area (Å²) in [5.74, 6) is 0. The van der Waals surface area contributed by atoms with Crippen LogP contribution in [0.25, 0.3) is 10.9 Å². The highest BCUT2D eigenvalue weighted by Gasteiger charge is 2.14. The zero-order valence-electron chi connectivity index (χ0n) is 13.1. The van der Waals surface area contributed by atoms with E-state index < -0.39 is 0 Å². The van der Waals surface area contributed by atoms with Crippen LogP contribution >= 0.6 is 35.6 Å². The fraction of sp³-hybridized carbons (Fsp3) is 0.222. The van der Waals surface area contributed by atoms with Crippen molar-refractivity contribution in [2.24, 2.45) is 0 Å². The van der Waals surface area contributed by atoms with Crippen molar-refractivity contribution in [1.29, 1.82) is 0 Å². The van der Waals surface area contributed by atoms with Gasteiger partial charge in [0, 0.05) is 39.7 Å². The molecule has 1 heterocycles. The van der Waals surface area contributed by atoms with Crippen molar-refractivity contribution in [3.05, 3.63) is 69.3 Å². The summed E-state index contributed by atoms with van der Waals surface area (Å²) in [6.07, 6.45) is 0. The van der Waals surface area contributed by atoms with E-state index in [-0.39, 0.29) is 12.4 Å². The van der Waals surface area contributed by atoms with Gasteiger partial charge in [0.05, 0.1) is 0 Å². The second-order valence-corrected chi connectivity index (χ2v) is 6.28. The molecule has 5 heteroatoms. The van der Waals surface area contributed by atoms with Crippen LogP contribution in [-0.2, 0) is 13.1 Å². The van der Waals surface area contributed by atoms with Crippen molar-refractivity contribution in [3.63, 3.8) is 0 Å². The number of nitrogens with zero attached hydrogens (tertiary/aromatic N) is 1. The number of aromatic nitrogens is 1. The van der Waals surface area contributed by atoms with E-state index in [4.69, 9.17) is 23.2 Å². The Morgan fingerprint density at radius 3 is 2.52 bits per heavy atom. The number of fused-ring (bicyclic) bond motifs is 1. The summed E-state index contributed by atoms with van der Waals surface area (Å²) >= 11 is 12.3. The van der Waals surface area contributed by atoms with Crippen molar-refractivity contribution < 1.29 is 0 Å². The van der Waals surface area contributed by atoms with Crippen molar-refractivity contribution in [2.45, 2.75) is 20.0 Å². The van der Waals surface area contributed by atoms with Crippen molar-refractivity contribution in [3.8, 4) is 0 Å². The highest BCUT2D eigenvalue weighted by molar-refractivity contribution is 6.35. The van der Waals surface area contributed by atoms with Crippen LogP contribution in [0.5, 0.6) is 0 Å². The van der Waals surface area contributed by atoms with Gasteiger partial charge in [0.1, 0.15) is 0 Å². The van der Waals surface area contributed by atoms with Gasteiger partial charge in [-0.3, -0.25) is 0 Å². The molecule has 0 aliphatic heterocycles. The molecule has 0 aliphatic rings. The Morgan fingerprint density at radius 1 is 1.09 bits per heavy atom. The van der Waals surface area contributed by atoms with E-state index in [1.807, 2.05) is 19.2 Å². The van der Waals surface area contributed by atoms with Crippen LogP contribution in [0.3, 0.4) is 0 Å². The monoisotopic (exact) mass is 368 g/mol. The first-order chi connectivity index (χ1) is 10.6. The molecule has 23 heavy (non-hydrogen) atoms. The van der Waals surface area contributed by atoms with Gasteiger partial charge in [0.2, 0.25) is 0 Å². The summed E-state index contributed by atoms with van der Waals surface area (Å²) in [6.45, 7) is 3.76. The second kappa shape index (κ2) is 7.59. The average molecular weight is 370 g/mol. The molecule has 0 saturated carbocycles. The third kappa shape index (κ3) is 3.51. The predicted molar refractivity (Wildman–Crippen MR) is 102 cm³/mol. The summed E-state index contributed by atoms with van der Waals surface area (Å²) in [6, 6.07) is 14.2. The molecule has 0 saturated heterocycles. The van der Waals surface area contributed by atoms with Gasteiger partial charge < -0.3 is 9.88 Å². The minimum absolute atomic E-state index is 0. The standard InChI is InChI=1S/C18H18Cl2N2.ClH/c1-12-16(10-21-2)15-5-3-4-6-18(15)22(12)11-13-7-8-14(19)9-17(13)20;/h3-9,21H,10-11H2,1-2H3;1H. The Balaban J connectivity index is 0.00000192. The van der Waals surface area contributed by atoms with Crippen LogP contribution in [0.15, 0.2) is 42.5 Å². The first-order valence-corrected chi connectivity index (χ1v) is 8.02. The van der Waals surface area contributed by atoms with E-state index in [0.29, 0.717) is 10.0 Å². The topological polar surface area (TPSA) is 17.0 Å². The number of halogens is 3. The molecule has 1 N–H and O–H groups in total. The summed E-state index contributed by atoms with van der Waals surface area (Å²) in [7, 11) is 1.97. The summed E-state index contributed by atoms with van der Waals surface area (Å²) < 4.78 is 2.32. The van der Waals surface area contributed by atoms with Crippen LogP contribution in [0.2, 0.25) is 10.0 Å². The molecule has 0 atom stereocenters. The van der Waals surface area contributed by atoms with Gasteiger partial charge in [0.15, 0.2) is 0 Å². The van der Waals surface area contributed by atoms with Crippen LogP contribution in [-0.4, -0.2) is 11.6 Å². The SMILES string of the molecule is CNCc1c(C)n(Cc2ccc(Cl)cc2Cl)c2ccccc12.Cl. The molecule has 0 fully saturated rings. The number of hydrogen-bond donors (Lipinski definition) is 1. The molecule has 0 spiro atoms. The largest absolute Gasteiger partial charge is 0.340 e. The van der Waals surface area contributed by atoms with Crippen LogP contribution in [0.4, 0.5) is 0 Å². The van der Waals surface area contributed by atoms with Crippen LogP contribution < -0.4 is 5.32 Å². The third-order valence-electron chi connectivity index (χ3n) is 4.06. The summed E-state index contributed by atoms with van der Waals surface area (Å²) in [5, 5.41) is 5.92. The van der Waals surface area contributed by atoms with Gasteiger partial charge in [-0.25, -0.2) is 0 Å². The van der Waals surface area contributed by atoms with Crippen molar-refractivity contribution in [2.75, 3.05) is 7.05 Å². The number of hydrogen-bond acceptors (Lipinski definition) is 1. The smallest absolute Gasteiger partial charge is 0.0493 e.